The molecular formula is C14H18N2O3. The Morgan fingerprint density at radius 3 is 3.05 bits per heavy atom. The molecule has 0 aromatic heterocycles. The largest absolute Gasteiger partial charge is 0.454 e. The van der Waals surface area contributed by atoms with Crippen molar-refractivity contribution < 1.29 is 14.3 Å². The average Bonchev–Trinajstić information content (AvgIpc) is 3.03. The molecule has 1 amide bonds. The van der Waals surface area contributed by atoms with Crippen LogP contribution in [0.2, 0.25) is 0 Å². The Morgan fingerprint density at radius 1 is 1.42 bits per heavy atom. The van der Waals surface area contributed by atoms with E-state index >= 15 is 0 Å². The van der Waals surface area contributed by atoms with Crippen molar-refractivity contribution in [1.29, 1.82) is 0 Å². The van der Waals surface area contributed by atoms with Gasteiger partial charge < -0.3 is 14.8 Å². The van der Waals surface area contributed by atoms with E-state index in [0.717, 1.165) is 36.4 Å². The second-order valence-electron chi connectivity index (χ2n) is 5.04. The summed E-state index contributed by atoms with van der Waals surface area (Å²) >= 11 is 0. The summed E-state index contributed by atoms with van der Waals surface area (Å²) in [5, 5.41) is 2.99. The van der Waals surface area contributed by atoms with Crippen molar-refractivity contribution in [3.05, 3.63) is 23.8 Å². The van der Waals surface area contributed by atoms with Crippen LogP contribution in [0.25, 0.3) is 0 Å². The summed E-state index contributed by atoms with van der Waals surface area (Å²) in [6.45, 7) is 1.81. The number of hydrogen-bond acceptors (Lipinski definition) is 4. The zero-order chi connectivity index (χ0) is 13.2. The number of ether oxygens (including phenoxy) is 2. The minimum absolute atomic E-state index is 0.0222. The molecular weight excluding hydrogens is 244 g/mol. The van der Waals surface area contributed by atoms with E-state index < -0.39 is 0 Å². The summed E-state index contributed by atoms with van der Waals surface area (Å²) in [6.07, 6.45) is 2.04. The summed E-state index contributed by atoms with van der Waals surface area (Å²) < 4.78 is 10.6. The molecule has 3 rings (SSSR count). The van der Waals surface area contributed by atoms with Gasteiger partial charge in [0.1, 0.15) is 0 Å². The molecule has 5 heteroatoms. The molecule has 1 N–H and O–H groups in total. The van der Waals surface area contributed by atoms with Gasteiger partial charge >= 0.3 is 0 Å². The summed E-state index contributed by atoms with van der Waals surface area (Å²) in [5.41, 5.74) is 1.03. The first kappa shape index (κ1) is 12.3. The van der Waals surface area contributed by atoms with Crippen LogP contribution in [0, 0.1) is 0 Å². The Hall–Kier alpha value is -1.75. The highest BCUT2D eigenvalue weighted by Gasteiger charge is 2.27. The molecule has 2 heterocycles. The number of benzene rings is 1. The minimum atomic E-state index is 0.0222. The van der Waals surface area contributed by atoms with E-state index in [0.29, 0.717) is 6.54 Å². The number of carbonyl (C=O) groups is 1. The number of likely N-dealkylation sites (tertiary alicyclic amines) is 1. The zero-order valence-electron chi connectivity index (χ0n) is 11.0. The molecule has 1 aromatic carbocycles. The van der Waals surface area contributed by atoms with E-state index in [1.54, 1.807) is 0 Å². The van der Waals surface area contributed by atoms with Gasteiger partial charge in [0.05, 0.1) is 6.04 Å². The highest BCUT2D eigenvalue weighted by Crippen LogP contribution is 2.32. The molecule has 0 spiro atoms. The predicted molar refractivity (Wildman–Crippen MR) is 70.1 cm³/mol. The van der Waals surface area contributed by atoms with Gasteiger partial charge in [-0.15, -0.1) is 0 Å². The smallest absolute Gasteiger partial charge is 0.237 e. The highest BCUT2D eigenvalue weighted by molar-refractivity contribution is 5.82. The van der Waals surface area contributed by atoms with Gasteiger partial charge in [0, 0.05) is 6.54 Å². The van der Waals surface area contributed by atoms with Crippen LogP contribution in [0.4, 0.5) is 0 Å². The fourth-order valence-corrected chi connectivity index (χ4v) is 2.60. The first-order valence-electron chi connectivity index (χ1n) is 6.60. The van der Waals surface area contributed by atoms with Crippen molar-refractivity contribution in [1.82, 2.24) is 10.2 Å². The summed E-state index contributed by atoms with van der Waals surface area (Å²) in [6, 6.07) is 5.77. The number of carbonyl (C=O) groups excluding carboxylic acids is 1. The average molecular weight is 262 g/mol. The quantitative estimate of drug-likeness (QED) is 0.887. The monoisotopic (exact) mass is 262 g/mol. The van der Waals surface area contributed by atoms with Crippen LogP contribution >= 0.6 is 0 Å². The number of hydrogen-bond donors (Lipinski definition) is 1. The van der Waals surface area contributed by atoms with Crippen LogP contribution in [-0.4, -0.2) is 37.2 Å². The number of nitrogens with zero attached hydrogens (tertiary/aromatic N) is 1. The lowest BCUT2D eigenvalue weighted by Gasteiger charge is -2.18. The first-order chi connectivity index (χ1) is 9.24. The van der Waals surface area contributed by atoms with Crippen LogP contribution in [0.3, 0.4) is 0 Å². The molecule has 19 heavy (non-hydrogen) atoms. The van der Waals surface area contributed by atoms with E-state index in [1.165, 1.54) is 0 Å². The molecule has 2 aliphatic rings. The number of rotatable bonds is 3. The molecule has 1 fully saturated rings. The standard InChI is InChI=1S/C14H18N2O3/c1-16-6-2-3-11(16)14(17)15-8-10-4-5-12-13(7-10)19-9-18-12/h4-5,7,11H,2-3,6,8-9H2,1H3,(H,15,17). The molecule has 0 radical (unpaired) electrons. The normalized spacial score (nSPS) is 21.6. The molecule has 2 aliphatic heterocycles. The summed E-state index contributed by atoms with van der Waals surface area (Å²) in [7, 11) is 2.00. The van der Waals surface area contributed by atoms with Gasteiger partial charge in [-0.3, -0.25) is 9.69 Å². The van der Waals surface area contributed by atoms with Crippen molar-refractivity contribution in [2.45, 2.75) is 25.4 Å². The topological polar surface area (TPSA) is 50.8 Å². The predicted octanol–water partition coefficient (Wildman–Crippen LogP) is 1.13. The second-order valence-corrected chi connectivity index (χ2v) is 5.04. The lowest BCUT2D eigenvalue weighted by atomic mass is 10.1. The van der Waals surface area contributed by atoms with Gasteiger partial charge in [-0.1, -0.05) is 6.07 Å². The number of amides is 1. The highest BCUT2D eigenvalue weighted by atomic mass is 16.7. The molecule has 5 nitrogen and oxygen atoms in total. The molecule has 0 bridgehead atoms. The maximum absolute atomic E-state index is 12.1. The molecule has 0 saturated carbocycles. The second kappa shape index (κ2) is 5.09. The van der Waals surface area contributed by atoms with Crippen LogP contribution in [0.5, 0.6) is 11.5 Å². The molecule has 102 valence electrons. The minimum Gasteiger partial charge on any atom is -0.454 e. The molecule has 0 aliphatic carbocycles. The Kier molecular flexibility index (Phi) is 3.29. The number of likely N-dealkylation sites (N-methyl/N-ethyl adjacent to an activating group) is 1. The zero-order valence-corrected chi connectivity index (χ0v) is 11.0. The van der Waals surface area contributed by atoms with Gasteiger partial charge in [-0.2, -0.15) is 0 Å². The van der Waals surface area contributed by atoms with Crippen molar-refractivity contribution in [3.8, 4) is 11.5 Å². The van der Waals surface area contributed by atoms with Gasteiger partial charge in [0.25, 0.3) is 0 Å². The number of nitrogens with one attached hydrogen (secondary N) is 1. The van der Waals surface area contributed by atoms with Gasteiger partial charge in [-0.25, -0.2) is 0 Å². The lowest BCUT2D eigenvalue weighted by molar-refractivity contribution is -0.125. The maximum atomic E-state index is 12.1. The van der Waals surface area contributed by atoms with E-state index in [4.69, 9.17) is 9.47 Å². The third-order valence-electron chi connectivity index (χ3n) is 3.73. The Balaban J connectivity index is 1.58. The van der Waals surface area contributed by atoms with E-state index in [1.807, 2.05) is 25.2 Å². The Labute approximate surface area is 112 Å². The fourth-order valence-electron chi connectivity index (χ4n) is 2.60. The van der Waals surface area contributed by atoms with E-state index in [9.17, 15) is 4.79 Å². The van der Waals surface area contributed by atoms with Crippen LogP contribution < -0.4 is 14.8 Å². The van der Waals surface area contributed by atoms with Crippen molar-refractivity contribution in [2.24, 2.45) is 0 Å². The van der Waals surface area contributed by atoms with Crippen molar-refractivity contribution in [2.75, 3.05) is 20.4 Å². The lowest BCUT2D eigenvalue weighted by Crippen LogP contribution is -2.41. The number of fused-ring (bicyclic) bond motifs is 1. The third kappa shape index (κ3) is 2.51. The van der Waals surface area contributed by atoms with Crippen LogP contribution in [0.15, 0.2) is 18.2 Å². The third-order valence-corrected chi connectivity index (χ3v) is 3.73. The molecule has 1 unspecified atom stereocenters. The first-order valence-corrected chi connectivity index (χ1v) is 6.60. The van der Waals surface area contributed by atoms with Crippen molar-refractivity contribution >= 4 is 5.91 Å². The summed E-state index contributed by atoms with van der Waals surface area (Å²) in [5.74, 6) is 1.63. The van der Waals surface area contributed by atoms with Crippen LogP contribution in [-0.2, 0) is 11.3 Å². The maximum Gasteiger partial charge on any atom is 0.237 e. The van der Waals surface area contributed by atoms with Gasteiger partial charge in [0.15, 0.2) is 11.5 Å². The van der Waals surface area contributed by atoms with E-state index in [2.05, 4.69) is 10.2 Å². The Morgan fingerprint density at radius 2 is 2.26 bits per heavy atom. The summed E-state index contributed by atoms with van der Waals surface area (Å²) in [4.78, 5) is 14.2. The SMILES string of the molecule is CN1CCCC1C(=O)NCc1ccc2c(c1)OCO2. The fraction of sp³-hybridized carbons (Fsp3) is 0.500. The van der Waals surface area contributed by atoms with Crippen molar-refractivity contribution in [3.63, 3.8) is 0 Å². The molecule has 1 saturated heterocycles. The molecule has 1 aromatic rings. The van der Waals surface area contributed by atoms with Gasteiger partial charge in [0.2, 0.25) is 12.7 Å². The van der Waals surface area contributed by atoms with Crippen LogP contribution in [0.1, 0.15) is 18.4 Å². The van der Waals surface area contributed by atoms with Gasteiger partial charge in [-0.05, 0) is 44.1 Å². The Bertz CT molecular complexity index is 490. The molecule has 1 atom stereocenters. The van der Waals surface area contributed by atoms with E-state index in [-0.39, 0.29) is 18.7 Å².